The van der Waals surface area contributed by atoms with Crippen LogP contribution in [0.1, 0.15) is 22.5 Å². The third-order valence-corrected chi connectivity index (χ3v) is 3.58. The number of amidine groups is 1. The minimum Gasteiger partial charge on any atom is -0.455 e. The van der Waals surface area contributed by atoms with Crippen molar-refractivity contribution >= 4 is 21.8 Å². The van der Waals surface area contributed by atoms with E-state index in [0.29, 0.717) is 22.8 Å². The Hall–Kier alpha value is -2.08. The summed E-state index contributed by atoms with van der Waals surface area (Å²) in [5.41, 5.74) is 8.76. The second-order valence-electron chi connectivity index (χ2n) is 4.74. The van der Waals surface area contributed by atoms with Crippen LogP contribution in [0.25, 0.3) is 0 Å². The lowest BCUT2D eigenvalue weighted by Crippen LogP contribution is -2.17. The smallest absolute Gasteiger partial charge is 0.175 e. The molecule has 21 heavy (non-hydrogen) atoms. The molecule has 110 valence electrons. The first-order valence-corrected chi connectivity index (χ1v) is 7.12. The molecule has 0 aliphatic rings. The molecule has 1 aromatic heterocycles. The molecule has 0 saturated heterocycles. The van der Waals surface area contributed by atoms with Gasteiger partial charge < -0.3 is 15.7 Å². The zero-order valence-electron chi connectivity index (χ0n) is 12.0. The van der Waals surface area contributed by atoms with Crippen LogP contribution in [0.15, 0.2) is 33.9 Å². The van der Waals surface area contributed by atoms with Crippen molar-refractivity contribution in [2.24, 2.45) is 10.9 Å². The number of hydrogen-bond donors (Lipinski definition) is 2. The molecule has 0 atom stereocenters. The fourth-order valence-electron chi connectivity index (χ4n) is 2.04. The molecule has 5 nitrogen and oxygen atoms in total. The van der Waals surface area contributed by atoms with Crippen LogP contribution in [-0.2, 0) is 0 Å². The fraction of sp³-hybridized carbons (Fsp3) is 0.200. The van der Waals surface area contributed by atoms with Gasteiger partial charge in [-0.25, -0.2) is 0 Å². The summed E-state index contributed by atoms with van der Waals surface area (Å²) in [5, 5.41) is 12.0. The van der Waals surface area contributed by atoms with Gasteiger partial charge in [0.1, 0.15) is 11.5 Å². The fourth-order valence-corrected chi connectivity index (χ4v) is 2.62. The monoisotopic (exact) mass is 349 g/mol. The van der Waals surface area contributed by atoms with E-state index in [1.165, 1.54) is 0 Å². The van der Waals surface area contributed by atoms with Crippen molar-refractivity contribution in [2.75, 3.05) is 0 Å². The van der Waals surface area contributed by atoms with Gasteiger partial charge in [0, 0.05) is 11.8 Å². The topological polar surface area (TPSA) is 80.7 Å². The summed E-state index contributed by atoms with van der Waals surface area (Å²) in [6, 6.07) is 7.52. The van der Waals surface area contributed by atoms with Gasteiger partial charge in [0.2, 0.25) is 0 Å². The van der Waals surface area contributed by atoms with Crippen LogP contribution in [0.4, 0.5) is 0 Å². The van der Waals surface area contributed by atoms with E-state index in [0.717, 1.165) is 15.7 Å². The first-order chi connectivity index (χ1) is 9.92. The Balaban J connectivity index is 2.53. The van der Waals surface area contributed by atoms with Crippen LogP contribution in [0.3, 0.4) is 0 Å². The van der Waals surface area contributed by atoms with Crippen LogP contribution < -0.4 is 10.5 Å². The molecule has 6 heteroatoms. The van der Waals surface area contributed by atoms with Gasteiger partial charge >= 0.3 is 0 Å². The molecule has 2 rings (SSSR count). The molecule has 0 saturated carbocycles. The molecule has 2 aromatic rings. The van der Waals surface area contributed by atoms with Crippen LogP contribution in [0.2, 0.25) is 0 Å². The van der Waals surface area contributed by atoms with Crippen LogP contribution in [0, 0.1) is 20.8 Å². The van der Waals surface area contributed by atoms with E-state index in [1.807, 2.05) is 32.0 Å². The molecule has 0 unspecified atom stereocenters. The van der Waals surface area contributed by atoms with Gasteiger partial charge in [0.15, 0.2) is 5.84 Å². The Kier molecular flexibility index (Phi) is 4.47. The highest BCUT2D eigenvalue weighted by atomic mass is 79.9. The number of hydrogen-bond acceptors (Lipinski definition) is 4. The molecular formula is C15H16BrN3O2. The molecule has 0 bridgehead atoms. The standard InChI is InChI=1S/C15H16BrN3O2/c1-8-4-5-12(11(16)6-8)21-13-7-9(2)18-10(3)14(13)15(17)19-20/h4-7,20H,1-3H3,(H2,17,19). The highest BCUT2D eigenvalue weighted by molar-refractivity contribution is 9.10. The van der Waals surface area contributed by atoms with Crippen LogP contribution in [0.5, 0.6) is 11.5 Å². The van der Waals surface area contributed by atoms with E-state index in [4.69, 9.17) is 15.7 Å². The number of rotatable bonds is 3. The largest absolute Gasteiger partial charge is 0.455 e. The predicted octanol–water partition coefficient (Wildman–Crippen LogP) is 3.66. The number of halogens is 1. The Morgan fingerprint density at radius 1 is 1.24 bits per heavy atom. The van der Waals surface area contributed by atoms with E-state index in [-0.39, 0.29) is 5.84 Å². The number of nitrogens with zero attached hydrogens (tertiary/aromatic N) is 2. The molecule has 1 aromatic carbocycles. The van der Waals surface area contributed by atoms with Crippen molar-refractivity contribution < 1.29 is 9.94 Å². The second-order valence-corrected chi connectivity index (χ2v) is 5.60. The zero-order chi connectivity index (χ0) is 15.6. The summed E-state index contributed by atoms with van der Waals surface area (Å²) in [4.78, 5) is 4.32. The highest BCUT2D eigenvalue weighted by Crippen LogP contribution is 2.33. The Morgan fingerprint density at radius 2 is 1.95 bits per heavy atom. The van der Waals surface area contributed by atoms with Gasteiger partial charge in [-0.1, -0.05) is 11.2 Å². The lowest BCUT2D eigenvalue weighted by Gasteiger charge is -2.14. The maximum atomic E-state index is 8.93. The first kappa shape index (κ1) is 15.3. The highest BCUT2D eigenvalue weighted by Gasteiger charge is 2.16. The maximum Gasteiger partial charge on any atom is 0.175 e. The minimum absolute atomic E-state index is 0.0294. The van der Waals surface area contributed by atoms with E-state index in [9.17, 15) is 0 Å². The number of oxime groups is 1. The van der Waals surface area contributed by atoms with Crippen molar-refractivity contribution in [1.29, 1.82) is 0 Å². The molecule has 0 aliphatic carbocycles. The number of aryl methyl sites for hydroxylation is 3. The molecule has 0 amide bonds. The average Bonchev–Trinajstić information content (AvgIpc) is 2.40. The van der Waals surface area contributed by atoms with Crippen molar-refractivity contribution in [1.82, 2.24) is 4.98 Å². The molecule has 0 fully saturated rings. The van der Waals surface area contributed by atoms with Crippen molar-refractivity contribution in [3.8, 4) is 11.5 Å². The minimum atomic E-state index is -0.0294. The van der Waals surface area contributed by atoms with Gasteiger partial charge in [0.05, 0.1) is 15.7 Å². The lowest BCUT2D eigenvalue weighted by molar-refractivity contribution is 0.318. The Bertz CT molecular complexity index is 714. The van der Waals surface area contributed by atoms with Gasteiger partial charge in [-0.05, 0) is 54.4 Å². The van der Waals surface area contributed by atoms with E-state index < -0.39 is 0 Å². The molecule has 0 spiro atoms. The number of aromatic nitrogens is 1. The van der Waals surface area contributed by atoms with Gasteiger partial charge in [-0.2, -0.15) is 0 Å². The SMILES string of the molecule is Cc1ccc(Oc2cc(C)nc(C)c2/C(N)=N/O)c(Br)c1. The number of benzene rings is 1. The number of nitrogens with two attached hydrogens (primary N) is 1. The van der Waals surface area contributed by atoms with Crippen molar-refractivity contribution in [3.05, 3.63) is 51.3 Å². The maximum absolute atomic E-state index is 8.93. The number of ether oxygens (including phenoxy) is 1. The summed E-state index contributed by atoms with van der Waals surface area (Å²) >= 11 is 3.47. The summed E-state index contributed by atoms with van der Waals surface area (Å²) in [6.07, 6.45) is 0. The predicted molar refractivity (Wildman–Crippen MR) is 85.2 cm³/mol. The summed E-state index contributed by atoms with van der Waals surface area (Å²) in [7, 11) is 0. The summed E-state index contributed by atoms with van der Waals surface area (Å²) in [6.45, 7) is 5.65. The van der Waals surface area contributed by atoms with Crippen molar-refractivity contribution in [3.63, 3.8) is 0 Å². The van der Waals surface area contributed by atoms with Crippen LogP contribution in [-0.4, -0.2) is 16.0 Å². The second kappa shape index (κ2) is 6.13. The lowest BCUT2D eigenvalue weighted by atomic mass is 10.1. The first-order valence-electron chi connectivity index (χ1n) is 6.32. The van der Waals surface area contributed by atoms with Gasteiger partial charge in [-0.3, -0.25) is 4.98 Å². The van der Waals surface area contributed by atoms with Crippen molar-refractivity contribution in [2.45, 2.75) is 20.8 Å². The third kappa shape index (κ3) is 3.33. The van der Waals surface area contributed by atoms with Gasteiger partial charge in [-0.15, -0.1) is 0 Å². The molecular weight excluding hydrogens is 334 g/mol. The van der Waals surface area contributed by atoms with E-state index >= 15 is 0 Å². The molecule has 1 heterocycles. The zero-order valence-corrected chi connectivity index (χ0v) is 13.6. The van der Waals surface area contributed by atoms with Crippen LogP contribution >= 0.6 is 15.9 Å². The Morgan fingerprint density at radius 3 is 2.57 bits per heavy atom. The number of pyridine rings is 1. The molecule has 3 N–H and O–H groups in total. The molecule has 0 aliphatic heterocycles. The summed E-state index contributed by atoms with van der Waals surface area (Å²) < 4.78 is 6.75. The van der Waals surface area contributed by atoms with Gasteiger partial charge in [0.25, 0.3) is 0 Å². The quantitative estimate of drug-likeness (QED) is 0.383. The average molecular weight is 350 g/mol. The third-order valence-electron chi connectivity index (χ3n) is 2.96. The van der Waals surface area contributed by atoms with E-state index in [1.54, 1.807) is 13.0 Å². The Labute approximate surface area is 131 Å². The molecule has 0 radical (unpaired) electrons. The normalized spacial score (nSPS) is 11.5. The van der Waals surface area contributed by atoms with E-state index in [2.05, 4.69) is 26.1 Å². The summed E-state index contributed by atoms with van der Waals surface area (Å²) in [5.74, 6) is 1.12.